The molecular formula is C23H18O4. The van der Waals surface area contributed by atoms with Crippen molar-refractivity contribution in [3.63, 3.8) is 0 Å². The molecule has 4 rings (SSSR count). The van der Waals surface area contributed by atoms with Gasteiger partial charge in [-0.2, -0.15) is 0 Å². The number of carbonyl (C=O) groups excluding carboxylic acids is 1. The molecule has 0 atom stereocenters. The van der Waals surface area contributed by atoms with Gasteiger partial charge in [0.25, 0.3) is 0 Å². The van der Waals surface area contributed by atoms with Crippen molar-refractivity contribution in [2.24, 2.45) is 0 Å². The van der Waals surface area contributed by atoms with Gasteiger partial charge in [-0.05, 0) is 35.9 Å². The lowest BCUT2D eigenvalue weighted by atomic mass is 9.99. The van der Waals surface area contributed by atoms with Crippen molar-refractivity contribution in [2.75, 3.05) is 6.61 Å². The number of para-hydroxylation sites is 1. The maximum absolute atomic E-state index is 13.1. The Bertz CT molecular complexity index is 1200. The molecule has 3 aromatic carbocycles. The van der Waals surface area contributed by atoms with Gasteiger partial charge >= 0.3 is 5.97 Å². The van der Waals surface area contributed by atoms with Gasteiger partial charge in [-0.3, -0.25) is 9.59 Å². The Balaban J connectivity index is 1.96. The van der Waals surface area contributed by atoms with Gasteiger partial charge in [-0.15, -0.1) is 0 Å². The first-order chi connectivity index (χ1) is 13.2. The van der Waals surface area contributed by atoms with Crippen LogP contribution in [-0.2, 0) is 16.0 Å². The fourth-order valence-electron chi connectivity index (χ4n) is 3.26. The molecule has 0 saturated carbocycles. The van der Waals surface area contributed by atoms with Crippen molar-refractivity contribution in [2.45, 2.75) is 13.3 Å². The molecule has 1 heterocycles. The van der Waals surface area contributed by atoms with Crippen LogP contribution < -0.4 is 5.43 Å². The predicted molar refractivity (Wildman–Crippen MR) is 106 cm³/mol. The van der Waals surface area contributed by atoms with E-state index in [-0.39, 0.29) is 18.5 Å². The number of benzene rings is 3. The summed E-state index contributed by atoms with van der Waals surface area (Å²) in [5.74, 6) is -0.0281. The largest absolute Gasteiger partial charge is 0.466 e. The molecule has 0 aliphatic rings. The number of rotatable bonds is 4. The second kappa shape index (κ2) is 7.08. The fourth-order valence-corrected chi connectivity index (χ4v) is 3.26. The van der Waals surface area contributed by atoms with E-state index in [4.69, 9.17) is 9.15 Å². The van der Waals surface area contributed by atoms with Crippen LogP contribution in [0.15, 0.2) is 75.9 Å². The van der Waals surface area contributed by atoms with E-state index in [2.05, 4.69) is 0 Å². The van der Waals surface area contributed by atoms with Crippen LogP contribution in [0.5, 0.6) is 0 Å². The van der Waals surface area contributed by atoms with Gasteiger partial charge < -0.3 is 9.15 Å². The second-order valence-electron chi connectivity index (χ2n) is 6.28. The Kier molecular flexibility index (Phi) is 4.47. The number of ether oxygens (including phenoxy) is 1. The third kappa shape index (κ3) is 3.22. The first-order valence-electron chi connectivity index (χ1n) is 8.87. The topological polar surface area (TPSA) is 56.5 Å². The zero-order valence-corrected chi connectivity index (χ0v) is 14.9. The van der Waals surface area contributed by atoms with E-state index in [0.29, 0.717) is 22.3 Å². The highest BCUT2D eigenvalue weighted by molar-refractivity contribution is 5.89. The Morgan fingerprint density at radius 1 is 0.963 bits per heavy atom. The lowest BCUT2D eigenvalue weighted by Crippen LogP contribution is -2.17. The van der Waals surface area contributed by atoms with Crippen molar-refractivity contribution in [3.05, 3.63) is 82.5 Å². The summed E-state index contributed by atoms with van der Waals surface area (Å²) in [4.78, 5) is 25.2. The number of carbonyl (C=O) groups is 1. The Morgan fingerprint density at radius 2 is 1.70 bits per heavy atom. The molecule has 0 aliphatic carbocycles. The summed E-state index contributed by atoms with van der Waals surface area (Å²) >= 11 is 0. The first kappa shape index (κ1) is 17.0. The van der Waals surface area contributed by atoms with Crippen LogP contribution in [0.4, 0.5) is 0 Å². The number of fused-ring (bicyclic) bond motifs is 2. The van der Waals surface area contributed by atoms with Gasteiger partial charge in [0.2, 0.25) is 0 Å². The number of hydrogen-bond acceptors (Lipinski definition) is 4. The highest BCUT2D eigenvalue weighted by atomic mass is 16.5. The monoisotopic (exact) mass is 358 g/mol. The number of hydrogen-bond donors (Lipinski definition) is 0. The Hall–Kier alpha value is -3.40. The van der Waals surface area contributed by atoms with Crippen molar-refractivity contribution in [1.29, 1.82) is 0 Å². The van der Waals surface area contributed by atoms with E-state index in [9.17, 15) is 9.59 Å². The van der Waals surface area contributed by atoms with Gasteiger partial charge in [-0.25, -0.2) is 0 Å². The molecule has 0 saturated heterocycles. The van der Waals surface area contributed by atoms with E-state index in [1.807, 2.05) is 48.5 Å². The molecule has 4 heteroatoms. The molecule has 1 aromatic heterocycles. The minimum absolute atomic E-state index is 0.122. The Morgan fingerprint density at radius 3 is 2.52 bits per heavy atom. The summed E-state index contributed by atoms with van der Waals surface area (Å²) in [6, 6.07) is 20.9. The average molecular weight is 358 g/mol. The maximum Gasteiger partial charge on any atom is 0.310 e. The van der Waals surface area contributed by atoms with Gasteiger partial charge in [-0.1, -0.05) is 48.5 Å². The summed E-state index contributed by atoms with van der Waals surface area (Å²) in [6.45, 7) is 2.01. The van der Waals surface area contributed by atoms with Crippen LogP contribution in [0.3, 0.4) is 0 Å². The standard InChI is InChI=1S/C23H18O4/c1-2-26-21(24)14-19-22(25)18-9-5-6-10-20(18)27-23(19)17-12-11-15-7-3-4-8-16(15)13-17/h3-13H,2,14H2,1H3. The molecular weight excluding hydrogens is 340 g/mol. The molecule has 0 fully saturated rings. The molecule has 0 aliphatic heterocycles. The third-order valence-corrected chi connectivity index (χ3v) is 4.53. The minimum Gasteiger partial charge on any atom is -0.466 e. The summed E-state index contributed by atoms with van der Waals surface area (Å²) in [6.07, 6.45) is -0.122. The molecule has 4 nitrogen and oxygen atoms in total. The Labute approximate surface area is 156 Å². The third-order valence-electron chi connectivity index (χ3n) is 4.53. The first-order valence-corrected chi connectivity index (χ1v) is 8.87. The minimum atomic E-state index is -0.442. The maximum atomic E-state index is 13.1. The summed E-state index contributed by atoms with van der Waals surface area (Å²) in [5, 5.41) is 2.59. The van der Waals surface area contributed by atoms with E-state index in [1.54, 1.807) is 25.1 Å². The molecule has 0 amide bonds. The second-order valence-corrected chi connectivity index (χ2v) is 6.28. The lowest BCUT2D eigenvalue weighted by molar-refractivity contribution is -0.142. The summed E-state index contributed by atoms with van der Waals surface area (Å²) < 4.78 is 11.1. The molecule has 4 aromatic rings. The zero-order chi connectivity index (χ0) is 18.8. The van der Waals surface area contributed by atoms with E-state index in [0.717, 1.165) is 16.3 Å². The van der Waals surface area contributed by atoms with E-state index < -0.39 is 5.97 Å². The quantitative estimate of drug-likeness (QED) is 0.495. The lowest BCUT2D eigenvalue weighted by Gasteiger charge is -2.11. The van der Waals surface area contributed by atoms with Gasteiger partial charge in [0.15, 0.2) is 5.43 Å². The van der Waals surface area contributed by atoms with Crippen molar-refractivity contribution < 1.29 is 13.9 Å². The molecule has 0 spiro atoms. The summed E-state index contributed by atoms with van der Waals surface area (Å²) in [5.41, 5.74) is 1.38. The smallest absolute Gasteiger partial charge is 0.310 e. The van der Waals surface area contributed by atoms with Crippen LogP contribution in [0.25, 0.3) is 33.1 Å². The van der Waals surface area contributed by atoms with E-state index in [1.165, 1.54) is 0 Å². The summed E-state index contributed by atoms with van der Waals surface area (Å²) in [7, 11) is 0. The highest BCUT2D eigenvalue weighted by Crippen LogP contribution is 2.29. The van der Waals surface area contributed by atoms with Gasteiger partial charge in [0.05, 0.1) is 24.0 Å². The van der Waals surface area contributed by atoms with Crippen LogP contribution in [0.1, 0.15) is 12.5 Å². The molecule has 134 valence electrons. The van der Waals surface area contributed by atoms with Crippen molar-refractivity contribution >= 4 is 27.7 Å². The molecule has 0 radical (unpaired) electrons. The van der Waals surface area contributed by atoms with Crippen LogP contribution >= 0.6 is 0 Å². The zero-order valence-electron chi connectivity index (χ0n) is 14.9. The van der Waals surface area contributed by atoms with Gasteiger partial charge in [0, 0.05) is 5.56 Å². The molecule has 27 heavy (non-hydrogen) atoms. The predicted octanol–water partition coefficient (Wildman–Crippen LogP) is 4.72. The normalized spacial score (nSPS) is 11.0. The molecule has 0 unspecified atom stereocenters. The van der Waals surface area contributed by atoms with Crippen LogP contribution in [-0.4, -0.2) is 12.6 Å². The fraction of sp³-hybridized carbons (Fsp3) is 0.130. The van der Waals surface area contributed by atoms with Crippen molar-refractivity contribution in [3.8, 4) is 11.3 Å². The number of esters is 1. The highest BCUT2D eigenvalue weighted by Gasteiger charge is 2.19. The van der Waals surface area contributed by atoms with Crippen molar-refractivity contribution in [1.82, 2.24) is 0 Å². The SMILES string of the molecule is CCOC(=O)Cc1c(-c2ccc3ccccc3c2)oc2ccccc2c1=O. The van der Waals surface area contributed by atoms with Crippen LogP contribution in [0, 0.1) is 0 Å². The van der Waals surface area contributed by atoms with Gasteiger partial charge in [0.1, 0.15) is 11.3 Å². The van der Waals surface area contributed by atoms with Crippen LogP contribution in [0.2, 0.25) is 0 Å². The van der Waals surface area contributed by atoms with E-state index >= 15 is 0 Å². The molecule has 0 bridgehead atoms. The average Bonchev–Trinajstić information content (AvgIpc) is 2.70. The molecule has 0 N–H and O–H groups in total.